The maximum atomic E-state index is 13.0. The zero-order valence-electron chi connectivity index (χ0n) is 15.6. The third-order valence-corrected chi connectivity index (χ3v) is 4.77. The molecule has 0 aliphatic carbocycles. The highest BCUT2D eigenvalue weighted by Gasteiger charge is 2.23. The van der Waals surface area contributed by atoms with Gasteiger partial charge in [-0.25, -0.2) is 0 Å². The monoisotopic (exact) mass is 343 g/mol. The molecule has 0 fully saturated rings. The van der Waals surface area contributed by atoms with E-state index in [2.05, 4.69) is 5.32 Å². The number of ketones is 1. The first-order chi connectivity index (χ1) is 11.6. The van der Waals surface area contributed by atoms with Crippen LogP contribution in [0.3, 0.4) is 0 Å². The van der Waals surface area contributed by atoms with Crippen LogP contribution in [0.5, 0.6) is 0 Å². The summed E-state index contributed by atoms with van der Waals surface area (Å²) in [6.45, 7) is 8.80. The number of fused-ring (bicyclic) bond motifs is 1. The molecule has 2 unspecified atom stereocenters. The highest BCUT2D eigenvalue weighted by Crippen LogP contribution is 2.22. The number of amides is 1. The number of aromatic nitrogens is 1. The number of Topliss-reactive ketones (excluding diaryl/α,β-unsaturated/α-hetero) is 1. The Balaban J connectivity index is 2.59. The lowest BCUT2D eigenvalue weighted by molar-refractivity contribution is -0.118. The third-order valence-electron chi connectivity index (χ3n) is 4.77. The lowest BCUT2D eigenvalue weighted by atomic mass is 9.98. The molecule has 0 aliphatic heterocycles. The van der Waals surface area contributed by atoms with E-state index in [0.717, 1.165) is 22.2 Å². The van der Waals surface area contributed by atoms with Crippen LogP contribution in [0.15, 0.2) is 17.1 Å². The maximum absolute atomic E-state index is 13.0. The zero-order valence-corrected chi connectivity index (χ0v) is 15.6. The number of carbonyl (C=O) groups is 2. The molecule has 2 aromatic rings. The molecule has 1 amide bonds. The summed E-state index contributed by atoms with van der Waals surface area (Å²) in [6.07, 6.45) is 1.54. The van der Waals surface area contributed by atoms with Gasteiger partial charge in [-0.15, -0.1) is 0 Å². The van der Waals surface area contributed by atoms with Crippen LogP contribution < -0.4 is 16.5 Å². The van der Waals surface area contributed by atoms with Gasteiger partial charge < -0.3 is 15.6 Å². The molecular weight excluding hydrogens is 318 g/mol. The number of nitrogens with two attached hydrogens (primary N) is 1. The SMILES string of the molecule is CC(=O)C(N)C(C)NC(=O)c1cn(C)c2c(C)cc(C)c(C)c2c1=O. The number of pyridine rings is 1. The van der Waals surface area contributed by atoms with Crippen LogP contribution in [0.2, 0.25) is 0 Å². The van der Waals surface area contributed by atoms with E-state index >= 15 is 0 Å². The summed E-state index contributed by atoms with van der Waals surface area (Å²) in [4.78, 5) is 36.9. The van der Waals surface area contributed by atoms with Crippen LogP contribution in [0.4, 0.5) is 0 Å². The minimum absolute atomic E-state index is 0.0469. The van der Waals surface area contributed by atoms with E-state index in [1.807, 2.05) is 33.9 Å². The summed E-state index contributed by atoms with van der Waals surface area (Å²) in [5, 5.41) is 3.21. The van der Waals surface area contributed by atoms with Crippen LogP contribution >= 0.6 is 0 Å². The van der Waals surface area contributed by atoms with Crippen molar-refractivity contribution in [1.29, 1.82) is 0 Å². The van der Waals surface area contributed by atoms with Crippen molar-refractivity contribution >= 4 is 22.6 Å². The molecule has 25 heavy (non-hydrogen) atoms. The minimum Gasteiger partial charge on any atom is -0.349 e. The van der Waals surface area contributed by atoms with Crippen molar-refractivity contribution in [2.75, 3.05) is 0 Å². The average molecular weight is 343 g/mol. The van der Waals surface area contributed by atoms with Gasteiger partial charge in [0.1, 0.15) is 11.3 Å². The van der Waals surface area contributed by atoms with Gasteiger partial charge in [-0.1, -0.05) is 6.07 Å². The van der Waals surface area contributed by atoms with E-state index in [9.17, 15) is 14.4 Å². The molecule has 6 nitrogen and oxygen atoms in total. The quantitative estimate of drug-likeness (QED) is 0.879. The van der Waals surface area contributed by atoms with E-state index in [1.54, 1.807) is 11.5 Å². The first-order valence-corrected chi connectivity index (χ1v) is 8.23. The number of nitrogens with one attached hydrogen (secondary N) is 1. The molecule has 0 aliphatic rings. The summed E-state index contributed by atoms with van der Waals surface area (Å²) >= 11 is 0. The van der Waals surface area contributed by atoms with Crippen molar-refractivity contribution in [1.82, 2.24) is 9.88 Å². The Hall–Kier alpha value is -2.47. The van der Waals surface area contributed by atoms with Gasteiger partial charge in [-0.2, -0.15) is 0 Å². The maximum Gasteiger partial charge on any atom is 0.257 e. The third kappa shape index (κ3) is 3.35. The molecule has 0 spiro atoms. The smallest absolute Gasteiger partial charge is 0.257 e. The molecule has 2 rings (SSSR count). The van der Waals surface area contributed by atoms with Crippen molar-refractivity contribution in [2.45, 2.75) is 46.7 Å². The Kier molecular flexibility index (Phi) is 5.13. The summed E-state index contributed by atoms with van der Waals surface area (Å²) < 4.78 is 1.79. The van der Waals surface area contributed by atoms with Gasteiger partial charge in [0.2, 0.25) is 5.43 Å². The number of carbonyl (C=O) groups excluding carboxylic acids is 2. The van der Waals surface area contributed by atoms with Crippen LogP contribution in [-0.2, 0) is 11.8 Å². The Labute approximate surface area is 147 Å². The highest BCUT2D eigenvalue weighted by atomic mass is 16.2. The molecule has 0 bridgehead atoms. The molecule has 3 N–H and O–H groups in total. The molecule has 1 aromatic heterocycles. The predicted molar refractivity (Wildman–Crippen MR) is 99.0 cm³/mol. The second kappa shape index (κ2) is 6.80. The van der Waals surface area contributed by atoms with Crippen molar-refractivity contribution in [3.8, 4) is 0 Å². The van der Waals surface area contributed by atoms with Gasteiger partial charge in [-0.3, -0.25) is 14.4 Å². The Morgan fingerprint density at radius 2 is 1.80 bits per heavy atom. The number of nitrogens with zero attached hydrogens (tertiary/aromatic N) is 1. The van der Waals surface area contributed by atoms with Gasteiger partial charge >= 0.3 is 0 Å². The summed E-state index contributed by atoms with van der Waals surface area (Å²) in [6, 6.07) is 0.662. The number of aryl methyl sites for hydroxylation is 4. The number of hydrogen-bond donors (Lipinski definition) is 2. The molecule has 2 atom stereocenters. The standard InChI is InChI=1S/C19H25N3O3/c1-9-7-10(2)17-15(11(9)3)18(24)14(8-22(17)6)19(25)21-12(4)16(20)13(5)23/h7-8,12,16H,20H2,1-6H3,(H,21,25). The molecule has 1 aromatic carbocycles. The van der Waals surface area contributed by atoms with E-state index in [1.165, 1.54) is 13.1 Å². The molecule has 134 valence electrons. The summed E-state index contributed by atoms with van der Waals surface area (Å²) in [5.74, 6) is -0.744. The van der Waals surface area contributed by atoms with Gasteiger partial charge in [0.25, 0.3) is 5.91 Å². The second-order valence-electron chi connectivity index (χ2n) is 6.74. The van der Waals surface area contributed by atoms with Crippen LogP contribution in [0.25, 0.3) is 10.9 Å². The fourth-order valence-electron chi connectivity index (χ4n) is 3.15. The van der Waals surface area contributed by atoms with Crippen LogP contribution in [0, 0.1) is 20.8 Å². The van der Waals surface area contributed by atoms with Crippen molar-refractivity contribution in [2.24, 2.45) is 12.8 Å². The molecule has 0 saturated heterocycles. The van der Waals surface area contributed by atoms with E-state index < -0.39 is 18.0 Å². The van der Waals surface area contributed by atoms with Crippen molar-refractivity contribution in [3.05, 3.63) is 44.7 Å². The molecule has 0 saturated carbocycles. The first-order valence-electron chi connectivity index (χ1n) is 8.23. The molecule has 6 heteroatoms. The predicted octanol–water partition coefficient (Wildman–Crippen LogP) is 1.50. The van der Waals surface area contributed by atoms with E-state index in [4.69, 9.17) is 5.73 Å². The number of benzene rings is 1. The van der Waals surface area contributed by atoms with Gasteiger partial charge in [0.15, 0.2) is 0 Å². The normalized spacial score (nSPS) is 13.6. The lowest BCUT2D eigenvalue weighted by Gasteiger charge is -2.20. The minimum atomic E-state index is -0.806. The van der Waals surface area contributed by atoms with Crippen molar-refractivity contribution < 1.29 is 9.59 Å². The fraction of sp³-hybridized carbons (Fsp3) is 0.421. The topological polar surface area (TPSA) is 94.2 Å². The van der Waals surface area contributed by atoms with Crippen LogP contribution in [0.1, 0.15) is 40.9 Å². The zero-order chi connectivity index (χ0) is 19.0. The Morgan fingerprint density at radius 1 is 1.20 bits per heavy atom. The Bertz CT molecular complexity index is 928. The average Bonchev–Trinajstić information content (AvgIpc) is 2.53. The van der Waals surface area contributed by atoms with Crippen molar-refractivity contribution in [3.63, 3.8) is 0 Å². The van der Waals surface area contributed by atoms with E-state index in [-0.39, 0.29) is 16.8 Å². The first kappa shape index (κ1) is 18.9. The van der Waals surface area contributed by atoms with Gasteiger partial charge in [-0.05, 0) is 51.3 Å². The molecular formula is C19H25N3O3. The summed E-state index contributed by atoms with van der Waals surface area (Å²) in [7, 11) is 1.81. The largest absolute Gasteiger partial charge is 0.349 e. The number of hydrogen-bond acceptors (Lipinski definition) is 4. The molecule has 1 heterocycles. The fourth-order valence-corrected chi connectivity index (χ4v) is 3.15. The highest BCUT2D eigenvalue weighted by molar-refractivity contribution is 5.99. The lowest BCUT2D eigenvalue weighted by Crippen LogP contribution is -2.50. The Morgan fingerprint density at radius 3 is 2.36 bits per heavy atom. The second-order valence-corrected chi connectivity index (χ2v) is 6.74. The van der Waals surface area contributed by atoms with Crippen LogP contribution in [-0.4, -0.2) is 28.3 Å². The van der Waals surface area contributed by atoms with Gasteiger partial charge in [0, 0.05) is 24.7 Å². The molecule has 0 radical (unpaired) electrons. The van der Waals surface area contributed by atoms with Gasteiger partial charge in [0.05, 0.1) is 11.6 Å². The number of rotatable bonds is 4. The van der Waals surface area contributed by atoms with E-state index in [0.29, 0.717) is 5.39 Å². The summed E-state index contributed by atoms with van der Waals surface area (Å²) in [5.41, 5.74) is 9.17.